The van der Waals surface area contributed by atoms with Crippen LogP contribution in [0, 0.1) is 0 Å². The van der Waals surface area contributed by atoms with Crippen LogP contribution in [0.3, 0.4) is 0 Å². The molecule has 0 aliphatic carbocycles. The lowest BCUT2D eigenvalue weighted by Crippen LogP contribution is -2.46. The molecule has 0 saturated carbocycles. The number of nitrogens with zero attached hydrogens (tertiary/aromatic N) is 1. The quantitative estimate of drug-likeness (QED) is 0.720. The molecule has 1 N–H and O–H groups in total. The topological polar surface area (TPSA) is 68.2 Å². The molecule has 2 atom stereocenters. The van der Waals surface area contributed by atoms with Gasteiger partial charge in [0.1, 0.15) is 11.8 Å². The van der Waals surface area contributed by atoms with E-state index in [9.17, 15) is 9.90 Å². The van der Waals surface area contributed by atoms with Gasteiger partial charge < -0.3 is 19.3 Å². The fraction of sp³-hybridized carbons (Fsp3) is 0.435. The van der Waals surface area contributed by atoms with Gasteiger partial charge in [-0.05, 0) is 61.7 Å². The molecule has 156 valence electrons. The van der Waals surface area contributed by atoms with Crippen molar-refractivity contribution in [3.8, 4) is 17.2 Å². The van der Waals surface area contributed by atoms with Gasteiger partial charge in [0.2, 0.25) is 0 Å². The number of hydrogen-bond acceptors (Lipinski definition) is 5. The van der Waals surface area contributed by atoms with Gasteiger partial charge in [0.25, 0.3) is 0 Å². The predicted molar refractivity (Wildman–Crippen MR) is 111 cm³/mol. The van der Waals surface area contributed by atoms with Gasteiger partial charge in [-0.15, -0.1) is 0 Å². The van der Waals surface area contributed by atoms with E-state index in [2.05, 4.69) is 4.90 Å². The van der Waals surface area contributed by atoms with E-state index < -0.39 is 12.0 Å². The molecular formula is C23H29NO5. The molecule has 0 spiro atoms. The highest BCUT2D eigenvalue weighted by molar-refractivity contribution is 5.73. The first-order valence-corrected chi connectivity index (χ1v) is 10.0. The summed E-state index contributed by atoms with van der Waals surface area (Å²) in [4.78, 5) is 14.1. The molecule has 0 radical (unpaired) electrons. The Bertz CT molecular complexity index is 838. The fourth-order valence-electron chi connectivity index (χ4n) is 4.07. The van der Waals surface area contributed by atoms with Crippen molar-refractivity contribution < 1.29 is 24.1 Å². The Morgan fingerprint density at radius 3 is 2.55 bits per heavy atom. The largest absolute Gasteiger partial charge is 0.494 e. The zero-order valence-corrected chi connectivity index (χ0v) is 17.3. The number of likely N-dealkylation sites (tertiary alicyclic amines) is 1. The van der Waals surface area contributed by atoms with Gasteiger partial charge >= 0.3 is 5.97 Å². The second-order valence-corrected chi connectivity index (χ2v) is 7.11. The van der Waals surface area contributed by atoms with Crippen molar-refractivity contribution >= 4 is 5.97 Å². The van der Waals surface area contributed by atoms with Crippen LogP contribution < -0.4 is 14.2 Å². The van der Waals surface area contributed by atoms with Gasteiger partial charge in [0.05, 0.1) is 26.9 Å². The molecule has 1 aliphatic heterocycles. The molecule has 0 bridgehead atoms. The molecule has 1 aliphatic rings. The molecule has 0 aromatic heterocycles. The number of carbonyl (C=O) groups is 1. The van der Waals surface area contributed by atoms with Crippen molar-refractivity contribution in [1.82, 2.24) is 4.90 Å². The number of carboxylic acid groups (broad SMARTS) is 1. The van der Waals surface area contributed by atoms with E-state index in [-0.39, 0.29) is 6.04 Å². The van der Waals surface area contributed by atoms with Crippen LogP contribution >= 0.6 is 0 Å². The van der Waals surface area contributed by atoms with E-state index in [4.69, 9.17) is 14.2 Å². The minimum Gasteiger partial charge on any atom is -0.494 e. The summed E-state index contributed by atoms with van der Waals surface area (Å²) in [5.41, 5.74) is 1.96. The van der Waals surface area contributed by atoms with Gasteiger partial charge in [-0.1, -0.05) is 24.6 Å². The Morgan fingerprint density at radius 2 is 1.86 bits per heavy atom. The Kier molecular flexibility index (Phi) is 6.99. The maximum absolute atomic E-state index is 12.0. The highest BCUT2D eigenvalue weighted by Crippen LogP contribution is 2.39. The monoisotopic (exact) mass is 399 g/mol. The lowest BCUT2D eigenvalue weighted by molar-refractivity contribution is -0.145. The third-order valence-corrected chi connectivity index (χ3v) is 5.37. The molecule has 6 nitrogen and oxygen atoms in total. The molecule has 1 saturated heterocycles. The number of ether oxygens (including phenoxy) is 3. The van der Waals surface area contributed by atoms with Crippen LogP contribution in [0.4, 0.5) is 0 Å². The van der Waals surface area contributed by atoms with Gasteiger partial charge in [0.15, 0.2) is 11.5 Å². The van der Waals surface area contributed by atoms with Crippen LogP contribution in [0.5, 0.6) is 17.2 Å². The van der Waals surface area contributed by atoms with Crippen LogP contribution in [-0.2, 0) is 4.79 Å². The normalized spacial score (nSPS) is 18.1. The van der Waals surface area contributed by atoms with E-state index in [1.807, 2.05) is 49.4 Å². The molecular weight excluding hydrogens is 370 g/mol. The first kappa shape index (κ1) is 21.0. The van der Waals surface area contributed by atoms with E-state index >= 15 is 0 Å². The molecule has 0 amide bonds. The number of rotatable bonds is 8. The average molecular weight is 399 g/mol. The van der Waals surface area contributed by atoms with Crippen molar-refractivity contribution in [2.24, 2.45) is 0 Å². The predicted octanol–water partition coefficient (Wildman–Crippen LogP) is 4.13. The van der Waals surface area contributed by atoms with Gasteiger partial charge in [-0.2, -0.15) is 0 Å². The smallest absolute Gasteiger partial charge is 0.320 e. The third-order valence-electron chi connectivity index (χ3n) is 5.37. The molecule has 6 heteroatoms. The van der Waals surface area contributed by atoms with Crippen LogP contribution in [-0.4, -0.2) is 49.4 Å². The molecule has 2 unspecified atom stereocenters. The van der Waals surface area contributed by atoms with Crippen molar-refractivity contribution in [2.75, 3.05) is 27.4 Å². The lowest BCUT2D eigenvalue weighted by Gasteiger charge is -2.39. The Hall–Kier alpha value is -2.73. The Balaban J connectivity index is 2.11. The van der Waals surface area contributed by atoms with Crippen molar-refractivity contribution in [2.45, 2.75) is 38.3 Å². The summed E-state index contributed by atoms with van der Waals surface area (Å²) in [6, 6.07) is 12.9. The van der Waals surface area contributed by atoms with E-state index in [1.165, 1.54) is 0 Å². The summed E-state index contributed by atoms with van der Waals surface area (Å²) in [6.07, 6.45) is 2.54. The first-order valence-electron chi connectivity index (χ1n) is 10.0. The number of methoxy groups -OCH3 is 2. The van der Waals surface area contributed by atoms with Crippen LogP contribution in [0.2, 0.25) is 0 Å². The van der Waals surface area contributed by atoms with E-state index in [0.29, 0.717) is 24.5 Å². The minimum absolute atomic E-state index is 0.225. The third kappa shape index (κ3) is 4.65. The highest BCUT2D eigenvalue weighted by Gasteiger charge is 2.35. The standard InChI is InChI=1S/C23H29NO5/c1-4-29-18-9-7-8-16(14-18)22(24-13-6-5-10-19(24)23(25)26)17-11-12-20(27-2)21(15-17)28-3/h7-9,11-12,14-15,19,22H,4-6,10,13H2,1-3H3,(H,25,26). The van der Waals surface area contributed by atoms with Crippen molar-refractivity contribution in [3.05, 3.63) is 53.6 Å². The van der Waals surface area contributed by atoms with Crippen LogP contribution in [0.1, 0.15) is 43.4 Å². The van der Waals surface area contributed by atoms with Crippen LogP contribution in [0.25, 0.3) is 0 Å². The fourth-order valence-corrected chi connectivity index (χ4v) is 4.07. The first-order chi connectivity index (χ1) is 14.1. The van der Waals surface area contributed by atoms with Crippen molar-refractivity contribution in [3.63, 3.8) is 0 Å². The molecule has 1 heterocycles. The van der Waals surface area contributed by atoms with Gasteiger partial charge in [-0.3, -0.25) is 9.69 Å². The van der Waals surface area contributed by atoms with E-state index in [0.717, 1.165) is 36.3 Å². The average Bonchev–Trinajstić information content (AvgIpc) is 2.74. The summed E-state index contributed by atoms with van der Waals surface area (Å²) in [7, 11) is 3.21. The second-order valence-electron chi connectivity index (χ2n) is 7.11. The molecule has 29 heavy (non-hydrogen) atoms. The van der Waals surface area contributed by atoms with Gasteiger partial charge in [-0.25, -0.2) is 0 Å². The molecule has 2 aromatic rings. The van der Waals surface area contributed by atoms with Crippen molar-refractivity contribution in [1.29, 1.82) is 0 Å². The summed E-state index contributed by atoms with van der Waals surface area (Å²) in [5.74, 6) is 1.27. The molecule has 1 fully saturated rings. The maximum Gasteiger partial charge on any atom is 0.320 e. The van der Waals surface area contributed by atoms with Crippen LogP contribution in [0.15, 0.2) is 42.5 Å². The number of piperidine rings is 1. The number of carboxylic acids is 1. The molecule has 3 rings (SSSR count). The molecule has 2 aromatic carbocycles. The summed E-state index contributed by atoms with van der Waals surface area (Å²) in [5, 5.41) is 9.86. The number of benzene rings is 2. The van der Waals surface area contributed by atoms with Gasteiger partial charge in [0, 0.05) is 0 Å². The zero-order chi connectivity index (χ0) is 20.8. The summed E-state index contributed by atoms with van der Waals surface area (Å²) in [6.45, 7) is 3.24. The Morgan fingerprint density at radius 1 is 1.10 bits per heavy atom. The minimum atomic E-state index is -0.781. The maximum atomic E-state index is 12.0. The summed E-state index contributed by atoms with van der Waals surface area (Å²) >= 11 is 0. The number of aliphatic carboxylic acids is 1. The Labute approximate surface area is 172 Å². The number of hydrogen-bond donors (Lipinski definition) is 1. The van der Waals surface area contributed by atoms with E-state index in [1.54, 1.807) is 14.2 Å². The lowest BCUT2D eigenvalue weighted by atomic mass is 9.91. The SMILES string of the molecule is CCOc1cccc(C(c2ccc(OC)c(OC)c2)N2CCCCC2C(=O)O)c1. The zero-order valence-electron chi connectivity index (χ0n) is 17.3. The second kappa shape index (κ2) is 9.65. The summed E-state index contributed by atoms with van der Waals surface area (Å²) < 4.78 is 16.6. The highest BCUT2D eigenvalue weighted by atomic mass is 16.5.